The van der Waals surface area contributed by atoms with Crippen LogP contribution in [0, 0.1) is 11.3 Å². The second kappa shape index (κ2) is 9.99. The first-order chi connectivity index (χ1) is 14.6. The maximum absolute atomic E-state index is 13.0. The van der Waals surface area contributed by atoms with Crippen LogP contribution in [0.25, 0.3) is 0 Å². The Labute approximate surface area is 183 Å². The van der Waals surface area contributed by atoms with Crippen molar-refractivity contribution >= 4 is 5.91 Å². The Bertz CT molecular complexity index is 746. The number of amides is 1. The summed E-state index contributed by atoms with van der Waals surface area (Å²) in [4.78, 5) is 12.3. The highest BCUT2D eigenvalue weighted by atomic mass is 19.4. The monoisotopic (exact) mass is 468 g/mol. The molecule has 1 aromatic carbocycles. The number of halogens is 6. The number of carbonyl (C=O) groups is 1. The number of aliphatic hydroxyl groups is 1. The van der Waals surface area contributed by atoms with Crippen molar-refractivity contribution in [3.8, 4) is 0 Å². The maximum atomic E-state index is 13.0. The quantitative estimate of drug-likeness (QED) is 0.515. The molecule has 1 unspecified atom stereocenters. The van der Waals surface area contributed by atoms with Crippen LogP contribution in [-0.2, 0) is 12.4 Å². The summed E-state index contributed by atoms with van der Waals surface area (Å²) in [6.45, 7) is 6.48. The van der Waals surface area contributed by atoms with Crippen LogP contribution < -0.4 is 10.6 Å². The Balaban J connectivity index is 1.91. The molecule has 0 radical (unpaired) electrons. The van der Waals surface area contributed by atoms with Crippen molar-refractivity contribution in [2.75, 3.05) is 13.1 Å². The minimum Gasteiger partial charge on any atom is -0.391 e. The zero-order chi connectivity index (χ0) is 24.3. The summed E-state index contributed by atoms with van der Waals surface area (Å²) in [6.07, 6.45) is -7.38. The van der Waals surface area contributed by atoms with E-state index in [4.69, 9.17) is 0 Å². The number of hydrogen-bond donors (Lipinski definition) is 3. The van der Waals surface area contributed by atoms with Gasteiger partial charge >= 0.3 is 12.4 Å². The van der Waals surface area contributed by atoms with Gasteiger partial charge < -0.3 is 15.7 Å². The van der Waals surface area contributed by atoms with Gasteiger partial charge in [-0.15, -0.1) is 0 Å². The standard InChI is InChI=1S/C22H30F6N2O2/c1-20(2,3)18(31)12-29-17-6-4-13(5-7-17)11-30-19(32)14-8-15(21(23,24)25)10-16(9-14)22(26,27)28/h8-10,13,17-18,29,31H,4-7,11-12H2,1-3H3,(H,30,32)/t13-,17-,18?. The fraction of sp³-hybridized carbons (Fsp3) is 0.682. The Morgan fingerprint density at radius 1 is 0.969 bits per heavy atom. The van der Waals surface area contributed by atoms with Crippen LogP contribution in [0.3, 0.4) is 0 Å². The summed E-state index contributed by atoms with van der Waals surface area (Å²) in [5, 5.41) is 15.9. The largest absolute Gasteiger partial charge is 0.416 e. The molecule has 2 rings (SSSR count). The molecule has 4 nitrogen and oxygen atoms in total. The Morgan fingerprint density at radius 3 is 1.91 bits per heavy atom. The molecule has 1 saturated carbocycles. The van der Waals surface area contributed by atoms with Gasteiger partial charge in [-0.05, 0) is 55.2 Å². The predicted octanol–water partition coefficient (Wildman–Crippen LogP) is 5.01. The summed E-state index contributed by atoms with van der Waals surface area (Å²) < 4.78 is 77.8. The first-order valence-electron chi connectivity index (χ1n) is 10.6. The van der Waals surface area contributed by atoms with Crippen LogP contribution in [0.15, 0.2) is 18.2 Å². The van der Waals surface area contributed by atoms with Crippen molar-refractivity contribution in [2.45, 2.75) is 71.0 Å². The van der Waals surface area contributed by atoms with Crippen LogP contribution in [-0.4, -0.2) is 36.2 Å². The third-order valence-electron chi connectivity index (χ3n) is 5.85. The van der Waals surface area contributed by atoms with Gasteiger partial charge in [-0.1, -0.05) is 20.8 Å². The molecule has 1 fully saturated rings. The summed E-state index contributed by atoms with van der Waals surface area (Å²) in [5.74, 6) is -0.882. The van der Waals surface area contributed by atoms with E-state index in [1.165, 1.54) is 0 Å². The van der Waals surface area contributed by atoms with Gasteiger partial charge in [-0.25, -0.2) is 0 Å². The number of benzene rings is 1. The molecule has 1 amide bonds. The molecule has 0 aromatic heterocycles. The van der Waals surface area contributed by atoms with Crippen molar-refractivity contribution < 1.29 is 36.2 Å². The molecule has 0 saturated heterocycles. The lowest BCUT2D eigenvalue weighted by atomic mass is 9.85. The molecule has 182 valence electrons. The van der Waals surface area contributed by atoms with Crippen molar-refractivity contribution in [2.24, 2.45) is 11.3 Å². The normalized spacial score (nSPS) is 21.3. The van der Waals surface area contributed by atoms with Crippen LogP contribution in [0.5, 0.6) is 0 Å². The fourth-order valence-corrected chi connectivity index (χ4v) is 3.58. The molecule has 1 aromatic rings. The van der Waals surface area contributed by atoms with Gasteiger partial charge in [0.1, 0.15) is 0 Å². The molecule has 0 heterocycles. The van der Waals surface area contributed by atoms with Crippen LogP contribution in [0.4, 0.5) is 26.3 Å². The van der Waals surface area contributed by atoms with E-state index < -0.39 is 41.1 Å². The predicted molar refractivity (Wildman–Crippen MR) is 108 cm³/mol. The van der Waals surface area contributed by atoms with E-state index in [0.29, 0.717) is 18.7 Å². The summed E-state index contributed by atoms with van der Waals surface area (Å²) in [5.41, 5.74) is -3.93. The van der Waals surface area contributed by atoms with Gasteiger partial charge in [0.25, 0.3) is 5.91 Å². The lowest BCUT2D eigenvalue weighted by Crippen LogP contribution is -2.43. The summed E-state index contributed by atoms with van der Waals surface area (Å²) in [7, 11) is 0. The van der Waals surface area contributed by atoms with E-state index in [2.05, 4.69) is 10.6 Å². The van der Waals surface area contributed by atoms with Gasteiger partial charge in [0.2, 0.25) is 0 Å². The topological polar surface area (TPSA) is 61.4 Å². The van der Waals surface area contributed by atoms with E-state index in [9.17, 15) is 36.2 Å². The van der Waals surface area contributed by atoms with E-state index in [-0.39, 0.29) is 30.0 Å². The number of aliphatic hydroxyl groups excluding tert-OH is 1. The Hall–Kier alpha value is -1.81. The molecule has 1 aliphatic rings. The van der Waals surface area contributed by atoms with Gasteiger partial charge in [0.05, 0.1) is 17.2 Å². The minimum absolute atomic E-state index is 0.00164. The van der Waals surface area contributed by atoms with Crippen molar-refractivity contribution in [3.05, 3.63) is 34.9 Å². The molecular formula is C22H30F6N2O2. The first-order valence-corrected chi connectivity index (χ1v) is 10.6. The molecule has 0 aliphatic heterocycles. The van der Waals surface area contributed by atoms with E-state index in [0.717, 1.165) is 25.7 Å². The van der Waals surface area contributed by atoms with Crippen LogP contribution >= 0.6 is 0 Å². The van der Waals surface area contributed by atoms with Gasteiger partial charge in [-0.3, -0.25) is 4.79 Å². The third-order valence-corrected chi connectivity index (χ3v) is 5.85. The Morgan fingerprint density at radius 2 is 1.47 bits per heavy atom. The second-order valence-corrected chi connectivity index (χ2v) is 9.51. The lowest BCUT2D eigenvalue weighted by molar-refractivity contribution is -0.143. The number of alkyl halides is 6. The molecule has 1 atom stereocenters. The number of rotatable bonds is 6. The van der Waals surface area contributed by atoms with Crippen molar-refractivity contribution in [1.82, 2.24) is 10.6 Å². The van der Waals surface area contributed by atoms with Gasteiger partial charge in [0.15, 0.2) is 0 Å². The maximum Gasteiger partial charge on any atom is 0.416 e. The van der Waals surface area contributed by atoms with Gasteiger partial charge in [0, 0.05) is 24.7 Å². The van der Waals surface area contributed by atoms with Crippen LogP contribution in [0.2, 0.25) is 0 Å². The summed E-state index contributed by atoms with van der Waals surface area (Å²) in [6, 6.07) is 1.09. The van der Waals surface area contributed by atoms with Crippen molar-refractivity contribution in [1.29, 1.82) is 0 Å². The van der Waals surface area contributed by atoms with E-state index in [1.807, 2.05) is 20.8 Å². The lowest BCUT2D eigenvalue weighted by Gasteiger charge is -2.32. The zero-order valence-electron chi connectivity index (χ0n) is 18.3. The highest BCUT2D eigenvalue weighted by Crippen LogP contribution is 2.36. The molecule has 10 heteroatoms. The SMILES string of the molecule is CC(C)(C)C(O)CN[C@H]1CC[C@H](CNC(=O)c2cc(C(F)(F)F)cc(C(F)(F)F)c2)CC1. The molecule has 32 heavy (non-hydrogen) atoms. The molecule has 1 aliphatic carbocycles. The first kappa shape index (κ1) is 26.4. The molecular weight excluding hydrogens is 438 g/mol. The molecule has 0 spiro atoms. The highest BCUT2D eigenvalue weighted by Gasteiger charge is 2.37. The molecule has 3 N–H and O–H groups in total. The zero-order valence-corrected chi connectivity index (χ0v) is 18.3. The number of hydrogen-bond acceptors (Lipinski definition) is 3. The third kappa shape index (κ3) is 7.65. The van der Waals surface area contributed by atoms with Gasteiger partial charge in [-0.2, -0.15) is 26.3 Å². The average Bonchev–Trinajstić information content (AvgIpc) is 2.68. The van der Waals surface area contributed by atoms with E-state index >= 15 is 0 Å². The smallest absolute Gasteiger partial charge is 0.391 e. The summed E-state index contributed by atoms with van der Waals surface area (Å²) >= 11 is 0. The number of nitrogens with one attached hydrogen (secondary N) is 2. The van der Waals surface area contributed by atoms with Crippen LogP contribution in [0.1, 0.15) is 67.9 Å². The Kier molecular flexibility index (Phi) is 8.25. The minimum atomic E-state index is -5.00. The highest BCUT2D eigenvalue weighted by molar-refractivity contribution is 5.94. The number of carbonyl (C=O) groups excluding carboxylic acids is 1. The second-order valence-electron chi connectivity index (χ2n) is 9.51. The van der Waals surface area contributed by atoms with E-state index in [1.54, 1.807) is 0 Å². The fourth-order valence-electron chi connectivity index (χ4n) is 3.58. The average molecular weight is 468 g/mol. The van der Waals surface area contributed by atoms with Crippen molar-refractivity contribution in [3.63, 3.8) is 0 Å². The molecule has 0 bridgehead atoms.